The summed E-state index contributed by atoms with van der Waals surface area (Å²) in [4.78, 5) is 36.0. The van der Waals surface area contributed by atoms with E-state index < -0.39 is 17.4 Å². The molecule has 0 radical (unpaired) electrons. The van der Waals surface area contributed by atoms with Gasteiger partial charge in [0.15, 0.2) is 0 Å². The molecule has 0 N–H and O–H groups in total. The maximum atomic E-state index is 11.9. The molecule has 0 aliphatic heterocycles. The van der Waals surface area contributed by atoms with Gasteiger partial charge in [0.2, 0.25) is 5.91 Å². The number of amides is 1. The minimum absolute atomic E-state index is 0.00978. The highest BCUT2D eigenvalue weighted by Crippen LogP contribution is 2.24. The van der Waals surface area contributed by atoms with Crippen molar-refractivity contribution in [1.82, 2.24) is 4.90 Å². The SMILES string of the molecule is C=C(C)C(=O)OCCOC(=O)C(C)(C)CCC(=O)N(C)C. The van der Waals surface area contributed by atoms with Crippen molar-refractivity contribution in [3.63, 3.8) is 0 Å². The normalized spacial score (nSPS) is 10.7. The van der Waals surface area contributed by atoms with E-state index in [0.717, 1.165) is 0 Å². The Morgan fingerprint density at radius 3 is 2.10 bits per heavy atom. The summed E-state index contributed by atoms with van der Waals surface area (Å²) in [7, 11) is 3.34. The van der Waals surface area contributed by atoms with E-state index in [-0.39, 0.29) is 25.5 Å². The fourth-order valence-corrected chi connectivity index (χ4v) is 1.33. The third-order valence-electron chi connectivity index (χ3n) is 2.91. The van der Waals surface area contributed by atoms with Crippen molar-refractivity contribution in [2.24, 2.45) is 5.41 Å². The van der Waals surface area contributed by atoms with E-state index in [1.165, 1.54) is 4.90 Å². The molecule has 0 aliphatic carbocycles. The molecule has 0 aromatic carbocycles. The van der Waals surface area contributed by atoms with E-state index in [1.807, 2.05) is 0 Å². The van der Waals surface area contributed by atoms with Gasteiger partial charge in [-0.1, -0.05) is 6.58 Å². The van der Waals surface area contributed by atoms with Crippen LogP contribution < -0.4 is 0 Å². The number of carbonyl (C=O) groups excluding carboxylic acids is 3. The molecule has 0 aromatic rings. The highest BCUT2D eigenvalue weighted by molar-refractivity contribution is 5.86. The maximum Gasteiger partial charge on any atom is 0.333 e. The second-order valence-corrected chi connectivity index (χ2v) is 5.72. The smallest absolute Gasteiger partial charge is 0.333 e. The Morgan fingerprint density at radius 1 is 1.10 bits per heavy atom. The zero-order chi connectivity index (χ0) is 16.6. The molecule has 1 amide bonds. The second kappa shape index (κ2) is 8.44. The molecule has 0 atom stereocenters. The third-order valence-corrected chi connectivity index (χ3v) is 2.91. The summed E-state index contributed by atoms with van der Waals surface area (Å²) in [6.45, 7) is 8.41. The topological polar surface area (TPSA) is 72.9 Å². The van der Waals surface area contributed by atoms with Gasteiger partial charge in [0, 0.05) is 26.1 Å². The van der Waals surface area contributed by atoms with E-state index >= 15 is 0 Å². The number of esters is 2. The maximum absolute atomic E-state index is 11.9. The number of rotatable bonds is 8. The Hall–Kier alpha value is -1.85. The summed E-state index contributed by atoms with van der Waals surface area (Å²) in [6.07, 6.45) is 0.675. The van der Waals surface area contributed by atoms with Crippen LogP contribution >= 0.6 is 0 Å². The molecular formula is C15H25NO5. The predicted octanol–water partition coefficient (Wildman–Crippen LogP) is 1.54. The second-order valence-electron chi connectivity index (χ2n) is 5.72. The molecule has 6 heteroatoms. The Morgan fingerprint density at radius 2 is 1.62 bits per heavy atom. The van der Waals surface area contributed by atoms with Crippen LogP contribution in [-0.2, 0) is 23.9 Å². The number of hydrogen-bond acceptors (Lipinski definition) is 5. The molecule has 0 saturated carbocycles. The Balaban J connectivity index is 4.10. The first-order valence-corrected chi connectivity index (χ1v) is 6.78. The summed E-state index contributed by atoms with van der Waals surface area (Å²) in [5.74, 6) is -0.964. The first kappa shape index (κ1) is 19.1. The molecule has 0 rings (SSSR count). The van der Waals surface area contributed by atoms with E-state index in [2.05, 4.69) is 6.58 Å². The van der Waals surface area contributed by atoms with Gasteiger partial charge in [0.25, 0.3) is 0 Å². The van der Waals surface area contributed by atoms with Crippen LogP contribution in [0.5, 0.6) is 0 Å². The number of hydrogen-bond donors (Lipinski definition) is 0. The van der Waals surface area contributed by atoms with Gasteiger partial charge in [0.05, 0.1) is 5.41 Å². The molecule has 120 valence electrons. The zero-order valence-electron chi connectivity index (χ0n) is 13.5. The van der Waals surface area contributed by atoms with Crippen molar-refractivity contribution in [3.05, 3.63) is 12.2 Å². The molecule has 0 unspecified atom stereocenters. The van der Waals surface area contributed by atoms with Crippen molar-refractivity contribution in [3.8, 4) is 0 Å². The predicted molar refractivity (Wildman–Crippen MR) is 78.4 cm³/mol. The van der Waals surface area contributed by atoms with E-state index in [9.17, 15) is 14.4 Å². The number of carbonyl (C=O) groups is 3. The summed E-state index contributed by atoms with van der Waals surface area (Å²) in [5.41, 5.74) is -0.465. The van der Waals surface area contributed by atoms with Gasteiger partial charge in [-0.3, -0.25) is 9.59 Å². The first-order valence-electron chi connectivity index (χ1n) is 6.78. The average molecular weight is 299 g/mol. The van der Waals surface area contributed by atoms with Gasteiger partial charge in [-0.15, -0.1) is 0 Å². The fourth-order valence-electron chi connectivity index (χ4n) is 1.33. The van der Waals surface area contributed by atoms with E-state index in [4.69, 9.17) is 9.47 Å². The van der Waals surface area contributed by atoms with Crippen molar-refractivity contribution in [2.45, 2.75) is 33.6 Å². The quantitative estimate of drug-likeness (QED) is 0.386. The standard InChI is InChI=1S/C15H25NO5/c1-11(2)13(18)20-9-10-21-14(19)15(3,4)8-7-12(17)16(5)6/h1,7-10H2,2-6H3. The highest BCUT2D eigenvalue weighted by atomic mass is 16.6. The molecule has 21 heavy (non-hydrogen) atoms. The van der Waals surface area contributed by atoms with Crippen LogP contribution in [0.3, 0.4) is 0 Å². The summed E-state index contributed by atoms with van der Waals surface area (Å²) in [5, 5.41) is 0. The van der Waals surface area contributed by atoms with Crippen molar-refractivity contribution in [1.29, 1.82) is 0 Å². The van der Waals surface area contributed by atoms with Gasteiger partial charge < -0.3 is 14.4 Å². The molecule has 0 bridgehead atoms. The molecule has 0 saturated heterocycles. The van der Waals surface area contributed by atoms with Gasteiger partial charge >= 0.3 is 11.9 Å². The number of nitrogens with zero attached hydrogens (tertiary/aromatic N) is 1. The van der Waals surface area contributed by atoms with Crippen LogP contribution in [0.25, 0.3) is 0 Å². The Bertz CT molecular complexity index is 412. The lowest BCUT2D eigenvalue weighted by molar-refractivity contribution is -0.158. The van der Waals surface area contributed by atoms with Crippen LogP contribution in [0.2, 0.25) is 0 Å². The highest BCUT2D eigenvalue weighted by Gasteiger charge is 2.30. The van der Waals surface area contributed by atoms with Crippen LogP contribution in [0.4, 0.5) is 0 Å². The largest absolute Gasteiger partial charge is 0.462 e. The number of ether oxygens (including phenoxy) is 2. The molecule has 0 heterocycles. The van der Waals surface area contributed by atoms with Crippen LogP contribution in [0.15, 0.2) is 12.2 Å². The van der Waals surface area contributed by atoms with Crippen molar-refractivity contribution >= 4 is 17.8 Å². The van der Waals surface area contributed by atoms with Gasteiger partial charge in [-0.05, 0) is 27.2 Å². The van der Waals surface area contributed by atoms with Gasteiger partial charge in [-0.25, -0.2) is 4.79 Å². The molecule has 0 aromatic heterocycles. The minimum Gasteiger partial charge on any atom is -0.462 e. The third kappa shape index (κ3) is 7.48. The molecule has 0 aliphatic rings. The zero-order valence-corrected chi connectivity index (χ0v) is 13.5. The fraction of sp³-hybridized carbons (Fsp3) is 0.667. The lowest BCUT2D eigenvalue weighted by atomic mass is 9.88. The van der Waals surface area contributed by atoms with Gasteiger partial charge in [0.1, 0.15) is 13.2 Å². The Kier molecular flexibility index (Phi) is 7.70. The molecule has 0 fully saturated rings. The average Bonchev–Trinajstić information content (AvgIpc) is 2.39. The Labute approximate surface area is 126 Å². The van der Waals surface area contributed by atoms with E-state index in [1.54, 1.807) is 34.9 Å². The lowest BCUT2D eigenvalue weighted by Gasteiger charge is -2.23. The minimum atomic E-state index is -0.760. The molecule has 6 nitrogen and oxygen atoms in total. The monoisotopic (exact) mass is 299 g/mol. The molecule has 0 spiro atoms. The van der Waals surface area contributed by atoms with Gasteiger partial charge in [-0.2, -0.15) is 0 Å². The van der Waals surface area contributed by atoms with Crippen molar-refractivity contribution < 1.29 is 23.9 Å². The lowest BCUT2D eigenvalue weighted by Crippen LogP contribution is -2.30. The van der Waals surface area contributed by atoms with E-state index in [0.29, 0.717) is 12.0 Å². The summed E-state index contributed by atoms with van der Waals surface area (Å²) in [6, 6.07) is 0. The van der Waals surface area contributed by atoms with Crippen LogP contribution in [-0.4, -0.2) is 50.1 Å². The van der Waals surface area contributed by atoms with Crippen LogP contribution in [0, 0.1) is 5.41 Å². The van der Waals surface area contributed by atoms with Crippen molar-refractivity contribution in [2.75, 3.05) is 27.3 Å². The molecular weight excluding hydrogens is 274 g/mol. The van der Waals surface area contributed by atoms with Crippen LogP contribution in [0.1, 0.15) is 33.6 Å². The summed E-state index contributed by atoms with van der Waals surface area (Å²) < 4.78 is 9.88. The summed E-state index contributed by atoms with van der Waals surface area (Å²) >= 11 is 0. The first-order chi connectivity index (χ1) is 9.58.